The number of ether oxygens (including phenoxy) is 1. The molecule has 0 atom stereocenters. The molecule has 4 rings (SSSR count). The number of aromatic nitrogens is 1. The standard InChI is InChI=1S/C26H26N2O3/c1-17(29)28-16-19(21-9-5-6-11-23(21)28)8-7-10-22-25(30)31-24(27-22)18-12-14-20(15-13-18)26(2,3)4/h5-6,9-16H,7-8H2,1-4H3/b22-10-. The number of hydrogen-bond donors (Lipinski definition) is 0. The van der Waals surface area contributed by atoms with Gasteiger partial charge in [0.05, 0.1) is 5.52 Å². The summed E-state index contributed by atoms with van der Waals surface area (Å²) in [5, 5.41) is 1.05. The zero-order chi connectivity index (χ0) is 22.2. The van der Waals surface area contributed by atoms with Gasteiger partial charge in [-0.1, -0.05) is 57.2 Å². The average molecular weight is 415 g/mol. The van der Waals surface area contributed by atoms with Crippen LogP contribution < -0.4 is 0 Å². The fourth-order valence-corrected chi connectivity index (χ4v) is 3.76. The third-order valence-electron chi connectivity index (χ3n) is 5.50. The van der Waals surface area contributed by atoms with Crippen LogP contribution in [-0.2, 0) is 21.4 Å². The maximum absolute atomic E-state index is 12.3. The number of aliphatic imine (C=N–C) groups is 1. The second-order valence-corrected chi connectivity index (χ2v) is 8.82. The first-order valence-electron chi connectivity index (χ1n) is 10.5. The number of carbonyl (C=O) groups is 2. The van der Waals surface area contributed by atoms with Gasteiger partial charge in [-0.05, 0) is 47.6 Å². The van der Waals surface area contributed by atoms with Crippen molar-refractivity contribution in [1.29, 1.82) is 0 Å². The van der Waals surface area contributed by atoms with Crippen LogP contribution in [0.5, 0.6) is 0 Å². The van der Waals surface area contributed by atoms with Crippen molar-refractivity contribution in [3.8, 4) is 0 Å². The van der Waals surface area contributed by atoms with Gasteiger partial charge in [-0.2, -0.15) is 0 Å². The highest BCUT2D eigenvalue weighted by Crippen LogP contribution is 2.25. The van der Waals surface area contributed by atoms with E-state index in [-0.39, 0.29) is 11.3 Å². The summed E-state index contributed by atoms with van der Waals surface area (Å²) in [5.41, 5.74) is 4.34. The molecule has 3 aromatic rings. The zero-order valence-corrected chi connectivity index (χ0v) is 18.3. The number of nitrogens with zero attached hydrogens (tertiary/aromatic N) is 2. The molecular formula is C26H26N2O3. The van der Waals surface area contributed by atoms with E-state index in [2.05, 4.69) is 25.8 Å². The molecule has 0 N–H and O–H groups in total. The molecule has 1 aromatic heterocycles. The number of cyclic esters (lactones) is 1. The Morgan fingerprint density at radius 2 is 1.81 bits per heavy atom. The van der Waals surface area contributed by atoms with Crippen LogP contribution in [0.25, 0.3) is 10.9 Å². The molecule has 0 fully saturated rings. The normalized spacial score (nSPS) is 15.4. The first-order chi connectivity index (χ1) is 14.7. The number of allylic oxidation sites excluding steroid dienone is 1. The first-order valence-corrected chi connectivity index (χ1v) is 10.5. The van der Waals surface area contributed by atoms with E-state index in [4.69, 9.17) is 4.74 Å². The summed E-state index contributed by atoms with van der Waals surface area (Å²) in [5.74, 6) is -0.113. The topological polar surface area (TPSA) is 60.7 Å². The molecule has 0 saturated heterocycles. The Balaban J connectivity index is 1.51. The van der Waals surface area contributed by atoms with Crippen LogP contribution in [0.15, 0.2) is 71.5 Å². The van der Waals surface area contributed by atoms with Gasteiger partial charge in [0.2, 0.25) is 11.8 Å². The molecule has 0 unspecified atom stereocenters. The van der Waals surface area contributed by atoms with Gasteiger partial charge >= 0.3 is 5.97 Å². The van der Waals surface area contributed by atoms with Crippen molar-refractivity contribution in [2.45, 2.75) is 46.0 Å². The molecule has 0 bridgehead atoms. The fourth-order valence-electron chi connectivity index (χ4n) is 3.76. The van der Waals surface area contributed by atoms with E-state index in [0.717, 1.165) is 22.0 Å². The van der Waals surface area contributed by atoms with Crippen molar-refractivity contribution in [2.24, 2.45) is 4.99 Å². The van der Waals surface area contributed by atoms with Gasteiger partial charge in [0.25, 0.3) is 0 Å². The van der Waals surface area contributed by atoms with Crippen molar-refractivity contribution in [3.05, 3.63) is 83.2 Å². The fraction of sp³-hybridized carbons (Fsp3) is 0.269. The zero-order valence-electron chi connectivity index (χ0n) is 18.3. The number of para-hydroxylation sites is 1. The van der Waals surface area contributed by atoms with E-state index in [9.17, 15) is 9.59 Å². The minimum Gasteiger partial charge on any atom is -0.402 e. The Hall–Kier alpha value is -3.47. The molecule has 5 heteroatoms. The summed E-state index contributed by atoms with van der Waals surface area (Å²) in [7, 11) is 0. The van der Waals surface area contributed by atoms with Gasteiger partial charge in [0.1, 0.15) is 5.70 Å². The molecule has 0 saturated carbocycles. The largest absolute Gasteiger partial charge is 0.402 e. The van der Waals surface area contributed by atoms with Crippen molar-refractivity contribution >= 4 is 28.7 Å². The van der Waals surface area contributed by atoms with Crippen LogP contribution in [0, 0.1) is 0 Å². The smallest absolute Gasteiger partial charge is 0.363 e. The Morgan fingerprint density at radius 1 is 1.10 bits per heavy atom. The Bertz CT molecular complexity index is 1220. The number of carbonyl (C=O) groups excluding carboxylic acids is 2. The van der Waals surface area contributed by atoms with Gasteiger partial charge < -0.3 is 4.74 Å². The highest BCUT2D eigenvalue weighted by Gasteiger charge is 2.24. The monoisotopic (exact) mass is 414 g/mol. The van der Waals surface area contributed by atoms with Gasteiger partial charge in [-0.3, -0.25) is 9.36 Å². The molecule has 158 valence electrons. The SMILES string of the molecule is CC(=O)n1cc(CC/C=C2\N=C(c3ccc(C(C)(C)C)cc3)OC2=O)c2ccccc21. The predicted molar refractivity (Wildman–Crippen MR) is 122 cm³/mol. The molecule has 0 radical (unpaired) electrons. The third kappa shape index (κ3) is 4.22. The second kappa shape index (κ2) is 7.99. The van der Waals surface area contributed by atoms with Crippen LogP contribution in [0.2, 0.25) is 0 Å². The highest BCUT2D eigenvalue weighted by atomic mass is 16.6. The lowest BCUT2D eigenvalue weighted by Crippen LogP contribution is -2.11. The van der Waals surface area contributed by atoms with Gasteiger partial charge in [-0.25, -0.2) is 9.79 Å². The summed E-state index contributed by atoms with van der Waals surface area (Å²) in [6, 6.07) is 15.8. The first kappa shape index (κ1) is 20.8. The highest BCUT2D eigenvalue weighted by molar-refractivity contribution is 6.11. The molecular weight excluding hydrogens is 388 g/mol. The van der Waals surface area contributed by atoms with Crippen LogP contribution in [0.3, 0.4) is 0 Å². The second-order valence-electron chi connectivity index (χ2n) is 8.82. The molecule has 2 aromatic carbocycles. The molecule has 1 aliphatic rings. The number of benzene rings is 2. The van der Waals surface area contributed by atoms with Gasteiger partial charge in [0, 0.05) is 24.1 Å². The summed E-state index contributed by atoms with van der Waals surface area (Å²) < 4.78 is 7.05. The Labute approximate surface area is 182 Å². The maximum atomic E-state index is 12.3. The maximum Gasteiger partial charge on any atom is 0.363 e. The summed E-state index contributed by atoms with van der Waals surface area (Å²) in [4.78, 5) is 28.6. The van der Waals surface area contributed by atoms with Crippen molar-refractivity contribution in [2.75, 3.05) is 0 Å². The van der Waals surface area contributed by atoms with Crippen LogP contribution in [-0.4, -0.2) is 22.3 Å². The van der Waals surface area contributed by atoms with Crippen molar-refractivity contribution in [3.63, 3.8) is 0 Å². The van der Waals surface area contributed by atoms with Crippen LogP contribution >= 0.6 is 0 Å². The molecule has 0 amide bonds. The summed E-state index contributed by atoms with van der Waals surface area (Å²) in [6.45, 7) is 8.02. The number of esters is 1. The van der Waals surface area contributed by atoms with Crippen LogP contribution in [0.4, 0.5) is 0 Å². The number of rotatable bonds is 4. The predicted octanol–water partition coefficient (Wildman–Crippen LogP) is 5.42. The van der Waals surface area contributed by atoms with Crippen molar-refractivity contribution in [1.82, 2.24) is 4.57 Å². The van der Waals surface area contributed by atoms with Gasteiger partial charge in [-0.15, -0.1) is 0 Å². The molecule has 2 heterocycles. The van der Waals surface area contributed by atoms with E-state index in [0.29, 0.717) is 24.4 Å². The number of fused-ring (bicyclic) bond motifs is 1. The van der Waals surface area contributed by atoms with E-state index in [1.54, 1.807) is 17.6 Å². The molecule has 0 aliphatic carbocycles. The molecule has 0 spiro atoms. The number of hydrogen-bond acceptors (Lipinski definition) is 4. The van der Waals surface area contributed by atoms with Gasteiger partial charge in [0.15, 0.2) is 0 Å². The Morgan fingerprint density at radius 3 is 2.48 bits per heavy atom. The minimum atomic E-state index is -0.430. The van der Waals surface area contributed by atoms with Crippen LogP contribution in [0.1, 0.15) is 55.6 Å². The molecule has 31 heavy (non-hydrogen) atoms. The quantitative estimate of drug-likeness (QED) is 0.423. The third-order valence-corrected chi connectivity index (χ3v) is 5.50. The van der Waals surface area contributed by atoms with E-state index in [1.165, 1.54) is 5.56 Å². The summed E-state index contributed by atoms with van der Waals surface area (Å²) in [6.07, 6.45) is 5.00. The number of aryl methyl sites for hydroxylation is 1. The molecule has 5 nitrogen and oxygen atoms in total. The van der Waals surface area contributed by atoms with Crippen molar-refractivity contribution < 1.29 is 14.3 Å². The van der Waals surface area contributed by atoms with E-state index < -0.39 is 5.97 Å². The van der Waals surface area contributed by atoms with E-state index in [1.807, 2.05) is 54.7 Å². The lowest BCUT2D eigenvalue weighted by atomic mass is 9.87. The Kier molecular flexibility index (Phi) is 5.36. The average Bonchev–Trinajstić information content (AvgIpc) is 3.29. The minimum absolute atomic E-state index is 0.0214. The summed E-state index contributed by atoms with van der Waals surface area (Å²) >= 11 is 0. The lowest BCUT2D eigenvalue weighted by molar-refractivity contribution is -0.130. The lowest BCUT2D eigenvalue weighted by Gasteiger charge is -2.18. The van der Waals surface area contributed by atoms with E-state index >= 15 is 0 Å². The molecule has 1 aliphatic heterocycles.